The second-order valence-electron chi connectivity index (χ2n) is 4.48. The van der Waals surface area contributed by atoms with Crippen LogP contribution >= 0.6 is 11.6 Å². The van der Waals surface area contributed by atoms with Crippen LogP contribution in [0.3, 0.4) is 0 Å². The van der Waals surface area contributed by atoms with Gasteiger partial charge in [-0.2, -0.15) is 0 Å². The largest absolute Gasteiger partial charge is 0.481 e. The van der Waals surface area contributed by atoms with Crippen LogP contribution in [0, 0.1) is 11.2 Å². The Morgan fingerprint density at radius 1 is 1.50 bits per heavy atom. The maximum Gasteiger partial charge on any atom is 0.315 e. The van der Waals surface area contributed by atoms with Crippen molar-refractivity contribution in [3.05, 3.63) is 29.0 Å². The predicted molar refractivity (Wildman–Crippen MR) is 67.5 cm³/mol. The number of carboxylic acids is 1. The van der Waals surface area contributed by atoms with Crippen molar-refractivity contribution in [3.63, 3.8) is 0 Å². The van der Waals surface area contributed by atoms with Crippen molar-refractivity contribution < 1.29 is 27.4 Å². The topological polar surface area (TPSA) is 92.7 Å². The van der Waals surface area contributed by atoms with E-state index in [0.717, 1.165) is 12.1 Å². The third kappa shape index (κ3) is 2.78. The van der Waals surface area contributed by atoms with E-state index >= 15 is 0 Å². The van der Waals surface area contributed by atoms with E-state index in [9.17, 15) is 17.6 Å². The number of benzene rings is 1. The zero-order chi connectivity index (χ0) is 15.0. The molecule has 0 aliphatic carbocycles. The number of carboxylic acid groups (broad SMARTS) is 1. The van der Waals surface area contributed by atoms with Crippen LogP contribution < -0.4 is 4.72 Å². The van der Waals surface area contributed by atoms with Crippen LogP contribution in [0.25, 0.3) is 0 Å². The molecule has 0 saturated carbocycles. The molecule has 1 aromatic carbocycles. The van der Waals surface area contributed by atoms with Crippen LogP contribution in [0.2, 0.25) is 5.02 Å². The van der Waals surface area contributed by atoms with Crippen LogP contribution in [0.1, 0.15) is 0 Å². The fourth-order valence-electron chi connectivity index (χ4n) is 1.64. The molecule has 20 heavy (non-hydrogen) atoms. The molecule has 1 saturated heterocycles. The molecule has 0 aromatic heterocycles. The minimum absolute atomic E-state index is 0.0618. The monoisotopic (exact) mass is 323 g/mol. The molecule has 2 N–H and O–H groups in total. The van der Waals surface area contributed by atoms with E-state index in [0.29, 0.717) is 0 Å². The van der Waals surface area contributed by atoms with Crippen molar-refractivity contribution in [1.29, 1.82) is 0 Å². The van der Waals surface area contributed by atoms with Crippen molar-refractivity contribution >= 4 is 27.6 Å². The summed E-state index contributed by atoms with van der Waals surface area (Å²) in [7, 11) is -4.18. The molecule has 0 bridgehead atoms. The van der Waals surface area contributed by atoms with E-state index in [1.165, 1.54) is 6.07 Å². The van der Waals surface area contributed by atoms with E-state index in [1.54, 1.807) is 0 Å². The zero-order valence-corrected chi connectivity index (χ0v) is 11.7. The Morgan fingerprint density at radius 3 is 2.65 bits per heavy atom. The Morgan fingerprint density at radius 2 is 2.15 bits per heavy atom. The first-order chi connectivity index (χ1) is 9.27. The minimum atomic E-state index is -4.18. The average molecular weight is 324 g/mol. The Hall–Kier alpha value is -1.22. The summed E-state index contributed by atoms with van der Waals surface area (Å²) in [6.45, 7) is -0.567. The van der Waals surface area contributed by atoms with Gasteiger partial charge in [-0.1, -0.05) is 11.6 Å². The van der Waals surface area contributed by atoms with Crippen LogP contribution in [0.4, 0.5) is 4.39 Å². The number of hydrogen-bond acceptors (Lipinski definition) is 4. The van der Waals surface area contributed by atoms with Crippen LogP contribution in [0.15, 0.2) is 23.1 Å². The first kappa shape index (κ1) is 15.2. The zero-order valence-electron chi connectivity index (χ0n) is 10.1. The Bertz CT molecular complexity index is 644. The fourth-order valence-corrected chi connectivity index (χ4v) is 3.11. The SMILES string of the molecule is O=C(O)C1(CNS(=O)(=O)c2cc(Cl)ccc2F)COC1. The number of sulfonamides is 1. The number of halogens is 2. The van der Waals surface area contributed by atoms with Gasteiger partial charge in [-0.05, 0) is 18.2 Å². The molecule has 1 aromatic rings. The first-order valence-corrected chi connectivity index (χ1v) is 7.39. The summed E-state index contributed by atoms with van der Waals surface area (Å²) in [4.78, 5) is 10.4. The van der Waals surface area contributed by atoms with Crippen molar-refractivity contribution in [2.75, 3.05) is 19.8 Å². The lowest BCUT2D eigenvalue weighted by Gasteiger charge is -2.37. The number of ether oxygens (including phenoxy) is 1. The molecule has 0 spiro atoms. The summed E-state index contributed by atoms with van der Waals surface area (Å²) >= 11 is 5.63. The van der Waals surface area contributed by atoms with Gasteiger partial charge in [0.25, 0.3) is 0 Å². The summed E-state index contributed by atoms with van der Waals surface area (Å²) in [5.41, 5.74) is -1.30. The lowest BCUT2D eigenvalue weighted by molar-refractivity contribution is -0.177. The van der Waals surface area contributed by atoms with E-state index in [1.807, 2.05) is 0 Å². The number of carbonyl (C=O) groups is 1. The van der Waals surface area contributed by atoms with E-state index in [4.69, 9.17) is 21.4 Å². The maximum atomic E-state index is 13.5. The quantitative estimate of drug-likeness (QED) is 0.838. The molecular formula is C11H11ClFNO5S. The molecule has 1 aliphatic heterocycles. The van der Waals surface area contributed by atoms with Crippen LogP contribution in [0.5, 0.6) is 0 Å². The molecule has 0 amide bonds. The van der Waals surface area contributed by atoms with Gasteiger partial charge in [0.2, 0.25) is 10.0 Å². The average Bonchev–Trinajstić information content (AvgIpc) is 2.30. The van der Waals surface area contributed by atoms with Gasteiger partial charge < -0.3 is 9.84 Å². The van der Waals surface area contributed by atoms with Crippen molar-refractivity contribution in [2.45, 2.75) is 4.90 Å². The van der Waals surface area contributed by atoms with E-state index in [-0.39, 0.29) is 24.8 Å². The van der Waals surface area contributed by atoms with Gasteiger partial charge in [-0.3, -0.25) is 4.79 Å². The highest BCUT2D eigenvalue weighted by molar-refractivity contribution is 7.89. The fraction of sp³-hybridized carbons (Fsp3) is 0.364. The lowest BCUT2D eigenvalue weighted by Crippen LogP contribution is -2.55. The Kier molecular flexibility index (Phi) is 4.01. The molecule has 2 rings (SSSR count). The highest BCUT2D eigenvalue weighted by Gasteiger charge is 2.47. The summed E-state index contributed by atoms with van der Waals surface area (Å²) in [6.07, 6.45) is 0. The molecular weight excluding hydrogens is 313 g/mol. The van der Waals surface area contributed by atoms with Gasteiger partial charge in [0.1, 0.15) is 16.1 Å². The third-order valence-corrected chi connectivity index (χ3v) is 4.65. The highest BCUT2D eigenvalue weighted by atomic mass is 35.5. The van der Waals surface area contributed by atoms with Gasteiger partial charge >= 0.3 is 5.97 Å². The molecule has 110 valence electrons. The normalized spacial score (nSPS) is 17.5. The molecule has 6 nitrogen and oxygen atoms in total. The minimum Gasteiger partial charge on any atom is -0.481 e. The lowest BCUT2D eigenvalue weighted by atomic mass is 9.86. The highest BCUT2D eigenvalue weighted by Crippen LogP contribution is 2.28. The van der Waals surface area contributed by atoms with E-state index in [2.05, 4.69) is 4.72 Å². The number of aliphatic carboxylic acids is 1. The molecule has 9 heteroatoms. The van der Waals surface area contributed by atoms with Gasteiger partial charge in [0.05, 0.1) is 13.2 Å². The Labute approximate surface area is 119 Å². The maximum absolute atomic E-state index is 13.5. The molecule has 0 unspecified atom stereocenters. The molecule has 1 heterocycles. The number of nitrogens with one attached hydrogen (secondary N) is 1. The molecule has 1 aliphatic rings. The smallest absolute Gasteiger partial charge is 0.315 e. The van der Waals surface area contributed by atoms with Crippen molar-refractivity contribution in [3.8, 4) is 0 Å². The van der Waals surface area contributed by atoms with Crippen LogP contribution in [-0.2, 0) is 19.6 Å². The van der Waals surface area contributed by atoms with Crippen molar-refractivity contribution in [1.82, 2.24) is 4.72 Å². The predicted octanol–water partition coefficient (Wildman–Crippen LogP) is 0.859. The second kappa shape index (κ2) is 5.28. The number of rotatable bonds is 5. The second-order valence-corrected chi connectivity index (χ2v) is 6.65. The van der Waals surface area contributed by atoms with Gasteiger partial charge in [0.15, 0.2) is 0 Å². The first-order valence-electron chi connectivity index (χ1n) is 5.53. The molecule has 0 atom stereocenters. The van der Waals surface area contributed by atoms with Gasteiger partial charge in [0, 0.05) is 11.6 Å². The summed E-state index contributed by atoms with van der Waals surface area (Å²) in [6, 6.07) is 3.11. The standard InChI is InChI=1S/C11H11ClFNO5S/c12-7-1-2-8(13)9(3-7)20(17,18)14-4-11(10(15)16)5-19-6-11/h1-3,14H,4-6H2,(H,15,16). The molecule has 0 radical (unpaired) electrons. The summed E-state index contributed by atoms with van der Waals surface area (Å²) < 4.78 is 44.3. The molecule has 1 fully saturated rings. The summed E-state index contributed by atoms with van der Waals surface area (Å²) in [5, 5.41) is 9.10. The number of hydrogen-bond donors (Lipinski definition) is 2. The van der Waals surface area contributed by atoms with Gasteiger partial charge in [-0.15, -0.1) is 0 Å². The summed E-state index contributed by atoms with van der Waals surface area (Å²) in [5.74, 6) is -2.13. The Balaban J connectivity index is 2.20. The third-order valence-electron chi connectivity index (χ3n) is 2.99. The van der Waals surface area contributed by atoms with Gasteiger partial charge in [-0.25, -0.2) is 17.5 Å². The van der Waals surface area contributed by atoms with E-state index < -0.39 is 32.1 Å². The van der Waals surface area contributed by atoms with Crippen LogP contribution in [-0.4, -0.2) is 39.3 Å². The van der Waals surface area contributed by atoms with Crippen molar-refractivity contribution in [2.24, 2.45) is 5.41 Å².